The van der Waals surface area contributed by atoms with Gasteiger partial charge in [-0.2, -0.15) is 0 Å². The van der Waals surface area contributed by atoms with E-state index in [0.717, 1.165) is 0 Å². The van der Waals surface area contributed by atoms with E-state index < -0.39 is 5.54 Å². The summed E-state index contributed by atoms with van der Waals surface area (Å²) in [5, 5.41) is 15.7. The van der Waals surface area contributed by atoms with Gasteiger partial charge in [-0.05, 0) is 15.7 Å². The summed E-state index contributed by atoms with van der Waals surface area (Å²) in [5.74, 6) is -0.00158. The summed E-state index contributed by atoms with van der Waals surface area (Å²) in [6.45, 7) is 13.5. The molecule has 0 aromatic heterocycles. The zero-order chi connectivity index (χ0) is 16.6. The SMILES string of the molecule is CO/N=[N+](\[O-])C1(C)C=C(C(C)(C)C)C(=O)C(C(C)(C)C)=C1. The lowest BCUT2D eigenvalue weighted by Crippen LogP contribution is -2.40. The molecule has 0 spiro atoms. The molecule has 0 saturated heterocycles. The Labute approximate surface area is 126 Å². The van der Waals surface area contributed by atoms with E-state index in [0.29, 0.717) is 16.0 Å². The Morgan fingerprint density at radius 1 is 1.10 bits per heavy atom. The Hall–Kier alpha value is -1.65. The van der Waals surface area contributed by atoms with Gasteiger partial charge in [-0.3, -0.25) is 4.79 Å². The third-order valence-electron chi connectivity index (χ3n) is 3.55. The average Bonchev–Trinajstić information content (AvgIpc) is 2.29. The van der Waals surface area contributed by atoms with Crippen molar-refractivity contribution in [3.63, 3.8) is 0 Å². The molecule has 0 heterocycles. The molecule has 1 aliphatic rings. The van der Waals surface area contributed by atoms with Crippen molar-refractivity contribution in [2.75, 3.05) is 7.11 Å². The summed E-state index contributed by atoms with van der Waals surface area (Å²) in [6, 6.07) is 0. The van der Waals surface area contributed by atoms with Crippen LogP contribution in [0.1, 0.15) is 48.5 Å². The van der Waals surface area contributed by atoms with Crippen LogP contribution >= 0.6 is 0 Å². The molecule has 0 saturated carbocycles. The molecule has 0 aromatic carbocycles. The lowest BCUT2D eigenvalue weighted by atomic mass is 9.69. The summed E-state index contributed by atoms with van der Waals surface area (Å²) in [7, 11) is 1.32. The molecule has 0 aliphatic heterocycles. The number of carbonyl (C=O) groups is 1. The van der Waals surface area contributed by atoms with Crippen LogP contribution in [0, 0.1) is 16.0 Å². The Kier molecular flexibility index (Phi) is 4.37. The Morgan fingerprint density at radius 3 is 1.76 bits per heavy atom. The third kappa shape index (κ3) is 3.52. The number of hydrogen-bond acceptors (Lipinski definition) is 4. The molecular weight excluding hydrogens is 268 g/mol. The molecule has 0 aromatic rings. The summed E-state index contributed by atoms with van der Waals surface area (Å²) in [5.41, 5.74) is -0.474. The predicted octanol–water partition coefficient (Wildman–Crippen LogP) is 3.80. The summed E-state index contributed by atoms with van der Waals surface area (Å²) in [4.78, 5) is 17.9. The first-order valence-electron chi connectivity index (χ1n) is 7.06. The third-order valence-corrected chi connectivity index (χ3v) is 3.55. The van der Waals surface area contributed by atoms with E-state index in [1.54, 1.807) is 19.1 Å². The molecule has 0 radical (unpaired) electrons. The second-order valence-corrected chi connectivity index (χ2v) is 7.71. The average molecular weight is 294 g/mol. The lowest BCUT2D eigenvalue weighted by molar-refractivity contribution is -0.605. The van der Waals surface area contributed by atoms with Crippen molar-refractivity contribution >= 4 is 5.78 Å². The van der Waals surface area contributed by atoms with E-state index in [1.807, 2.05) is 41.5 Å². The second kappa shape index (κ2) is 5.28. The molecule has 0 amide bonds. The highest BCUT2D eigenvalue weighted by Gasteiger charge is 2.44. The van der Waals surface area contributed by atoms with Gasteiger partial charge >= 0.3 is 0 Å². The molecular formula is C16H26N2O3. The number of ketones is 1. The van der Waals surface area contributed by atoms with Crippen LogP contribution in [0.3, 0.4) is 0 Å². The van der Waals surface area contributed by atoms with Crippen LogP contribution in [0.5, 0.6) is 0 Å². The van der Waals surface area contributed by atoms with Crippen molar-refractivity contribution in [1.29, 1.82) is 0 Å². The van der Waals surface area contributed by atoms with Crippen LogP contribution in [0.15, 0.2) is 28.6 Å². The van der Waals surface area contributed by atoms with Gasteiger partial charge in [-0.25, -0.2) is 0 Å². The first kappa shape index (κ1) is 17.4. The number of hydrogen-bond donors (Lipinski definition) is 0. The van der Waals surface area contributed by atoms with Crippen LogP contribution in [0.25, 0.3) is 0 Å². The maximum absolute atomic E-state index is 12.8. The first-order chi connectivity index (χ1) is 9.33. The van der Waals surface area contributed by atoms with Crippen molar-refractivity contribution in [2.24, 2.45) is 16.1 Å². The molecule has 118 valence electrons. The van der Waals surface area contributed by atoms with Crippen LogP contribution < -0.4 is 0 Å². The second-order valence-electron chi connectivity index (χ2n) is 7.71. The van der Waals surface area contributed by atoms with Crippen molar-refractivity contribution in [3.8, 4) is 0 Å². The van der Waals surface area contributed by atoms with Gasteiger partial charge in [0.15, 0.2) is 5.78 Å². The van der Waals surface area contributed by atoms with Gasteiger partial charge < -0.3 is 10.0 Å². The standard InChI is InChI=1S/C16H26N2O3/c1-14(2,3)11-9-16(7,18(20)17-21-8)10-12(13(11)19)15(4,5)6/h9-10H,1-8H3/b18-17-. The van der Waals surface area contributed by atoms with E-state index >= 15 is 0 Å². The fourth-order valence-electron chi connectivity index (χ4n) is 2.29. The number of hydroxylamine groups is 1. The van der Waals surface area contributed by atoms with Gasteiger partial charge in [0.25, 0.3) is 0 Å². The van der Waals surface area contributed by atoms with E-state index in [4.69, 9.17) is 0 Å². The van der Waals surface area contributed by atoms with Gasteiger partial charge in [0, 0.05) is 30.2 Å². The fourth-order valence-corrected chi connectivity index (χ4v) is 2.29. The normalized spacial score (nSPS) is 20.0. The van der Waals surface area contributed by atoms with Crippen LogP contribution in [-0.4, -0.2) is 23.3 Å². The lowest BCUT2D eigenvalue weighted by Gasteiger charge is -2.34. The number of carbonyl (C=O) groups excluding carboxylic acids is 1. The zero-order valence-corrected chi connectivity index (χ0v) is 14.3. The molecule has 1 rings (SSSR count). The summed E-state index contributed by atoms with van der Waals surface area (Å²) < 4.78 is 0. The van der Waals surface area contributed by atoms with Gasteiger partial charge in [-0.1, -0.05) is 41.5 Å². The van der Waals surface area contributed by atoms with E-state index in [9.17, 15) is 10.0 Å². The number of nitrogens with zero attached hydrogens (tertiary/aromatic N) is 2. The van der Waals surface area contributed by atoms with Gasteiger partial charge in [-0.15, -0.1) is 0 Å². The van der Waals surface area contributed by atoms with Crippen molar-refractivity contribution < 1.29 is 14.5 Å². The van der Waals surface area contributed by atoms with Crippen LogP contribution in [0.4, 0.5) is 0 Å². The fraction of sp³-hybridized carbons (Fsp3) is 0.688. The van der Waals surface area contributed by atoms with Crippen LogP contribution in [0.2, 0.25) is 0 Å². The quantitative estimate of drug-likeness (QED) is 0.442. The summed E-state index contributed by atoms with van der Waals surface area (Å²) >= 11 is 0. The molecule has 1 aliphatic carbocycles. The smallest absolute Gasteiger partial charge is 0.238 e. The van der Waals surface area contributed by atoms with Crippen LogP contribution in [-0.2, 0) is 9.63 Å². The molecule has 0 N–H and O–H groups in total. The highest BCUT2D eigenvalue weighted by molar-refractivity contribution is 6.11. The maximum Gasteiger partial charge on any atom is 0.238 e. The number of Topliss-reactive ketones (excluding diaryl/α,β-unsaturated/α-hetero) is 1. The van der Waals surface area contributed by atoms with Crippen molar-refractivity contribution in [2.45, 2.75) is 54.0 Å². The number of rotatable bonds is 2. The van der Waals surface area contributed by atoms with Gasteiger partial charge in [0.05, 0.1) is 0 Å². The van der Waals surface area contributed by atoms with E-state index in [-0.39, 0.29) is 16.6 Å². The predicted molar refractivity (Wildman–Crippen MR) is 81.6 cm³/mol. The molecule has 5 nitrogen and oxygen atoms in total. The molecule has 0 bridgehead atoms. The minimum absolute atomic E-state index is 0.00158. The molecule has 0 unspecified atom stereocenters. The topological polar surface area (TPSA) is 64.7 Å². The Morgan fingerprint density at radius 2 is 1.48 bits per heavy atom. The summed E-state index contributed by atoms with van der Waals surface area (Å²) in [6.07, 6.45) is 3.39. The first-order valence-corrected chi connectivity index (χ1v) is 7.06. The monoisotopic (exact) mass is 294 g/mol. The minimum atomic E-state index is -1.03. The van der Waals surface area contributed by atoms with Crippen molar-refractivity contribution in [3.05, 3.63) is 28.5 Å². The highest BCUT2D eigenvalue weighted by Crippen LogP contribution is 2.41. The van der Waals surface area contributed by atoms with E-state index in [1.165, 1.54) is 7.11 Å². The van der Waals surface area contributed by atoms with E-state index in [2.05, 4.69) is 10.1 Å². The van der Waals surface area contributed by atoms with Gasteiger partial charge in [0.1, 0.15) is 7.11 Å². The maximum atomic E-state index is 12.8. The zero-order valence-electron chi connectivity index (χ0n) is 14.3. The Balaban J connectivity index is 3.56. The molecule has 0 atom stereocenters. The number of allylic oxidation sites excluding steroid dienone is 2. The molecule has 5 heteroatoms. The highest BCUT2D eigenvalue weighted by atomic mass is 16.7. The van der Waals surface area contributed by atoms with Gasteiger partial charge in [0.2, 0.25) is 10.8 Å². The molecule has 21 heavy (non-hydrogen) atoms. The molecule has 0 fully saturated rings. The van der Waals surface area contributed by atoms with Crippen molar-refractivity contribution in [1.82, 2.24) is 0 Å². The largest absolute Gasteiger partial charge is 0.596 e. The Bertz CT molecular complexity index is 495. The minimum Gasteiger partial charge on any atom is -0.596 e.